The van der Waals surface area contributed by atoms with Crippen LogP contribution in [0, 0.1) is 6.92 Å². The summed E-state index contributed by atoms with van der Waals surface area (Å²) in [5.74, 6) is -0.571. The molecule has 1 atom stereocenters. The van der Waals surface area contributed by atoms with Crippen molar-refractivity contribution in [2.24, 2.45) is 0 Å². The fourth-order valence-corrected chi connectivity index (χ4v) is 4.04. The molecule has 198 valence electrons. The highest BCUT2D eigenvalue weighted by molar-refractivity contribution is 6.02. The third-order valence-electron chi connectivity index (χ3n) is 6.40. The largest absolute Gasteiger partial charge is 0.465 e. The second kappa shape index (κ2) is 10.9. The second-order valence-corrected chi connectivity index (χ2v) is 9.62. The zero-order valence-electron chi connectivity index (χ0n) is 22.1. The van der Waals surface area contributed by atoms with Gasteiger partial charge in [-0.05, 0) is 69.7 Å². The van der Waals surface area contributed by atoms with E-state index in [9.17, 15) is 14.4 Å². The summed E-state index contributed by atoms with van der Waals surface area (Å²) in [6.45, 7) is 7.33. The van der Waals surface area contributed by atoms with Gasteiger partial charge in [0.2, 0.25) is 5.91 Å². The van der Waals surface area contributed by atoms with E-state index in [1.54, 1.807) is 43.3 Å². The van der Waals surface area contributed by atoms with Gasteiger partial charge in [0.1, 0.15) is 23.6 Å². The maximum atomic E-state index is 14.1. The number of rotatable bonds is 9. The number of aromatic nitrogens is 3. The van der Waals surface area contributed by atoms with Gasteiger partial charge in [0.15, 0.2) is 6.04 Å². The highest BCUT2D eigenvalue weighted by Crippen LogP contribution is 2.31. The van der Waals surface area contributed by atoms with E-state index in [4.69, 9.17) is 9.15 Å². The van der Waals surface area contributed by atoms with Crippen LogP contribution in [0.15, 0.2) is 65.1 Å². The summed E-state index contributed by atoms with van der Waals surface area (Å²) in [5.41, 5.74) is 1.33. The molecule has 0 unspecified atom stereocenters. The van der Waals surface area contributed by atoms with Crippen molar-refractivity contribution in [3.63, 3.8) is 0 Å². The number of nitrogens with one attached hydrogen (secondary N) is 1. The number of amides is 2. The van der Waals surface area contributed by atoms with Gasteiger partial charge in [0.25, 0.3) is 5.91 Å². The molecule has 0 saturated heterocycles. The Morgan fingerprint density at radius 3 is 2.55 bits per heavy atom. The first-order chi connectivity index (χ1) is 18.1. The van der Waals surface area contributed by atoms with Crippen molar-refractivity contribution in [1.82, 2.24) is 20.3 Å². The van der Waals surface area contributed by atoms with Crippen molar-refractivity contribution in [3.8, 4) is 0 Å². The molecular weight excluding hydrogens is 486 g/mol. The number of methoxy groups -OCH3 is 1. The quantitative estimate of drug-likeness (QED) is 0.331. The van der Waals surface area contributed by atoms with E-state index < -0.39 is 29.4 Å². The van der Waals surface area contributed by atoms with Crippen molar-refractivity contribution in [1.29, 1.82) is 0 Å². The Balaban J connectivity index is 1.84. The van der Waals surface area contributed by atoms with Crippen LogP contribution >= 0.6 is 0 Å². The summed E-state index contributed by atoms with van der Waals surface area (Å²) in [6, 6.07) is 15.9. The molecule has 2 amide bonds. The Kier molecular flexibility index (Phi) is 7.61. The topological polar surface area (TPSA) is 120 Å². The minimum absolute atomic E-state index is 0.205. The fourth-order valence-electron chi connectivity index (χ4n) is 4.04. The Hall–Kier alpha value is -4.47. The lowest BCUT2D eigenvalue weighted by molar-refractivity contribution is -0.128. The van der Waals surface area contributed by atoms with E-state index in [0.717, 1.165) is 0 Å². The van der Waals surface area contributed by atoms with Crippen LogP contribution in [0.3, 0.4) is 0 Å². The van der Waals surface area contributed by atoms with Crippen LogP contribution in [0.25, 0.3) is 11.0 Å². The fraction of sp³-hybridized carbons (Fsp3) is 0.321. The molecule has 2 heterocycles. The van der Waals surface area contributed by atoms with Crippen LogP contribution in [0.5, 0.6) is 0 Å². The van der Waals surface area contributed by atoms with Crippen LogP contribution in [0.1, 0.15) is 55.1 Å². The summed E-state index contributed by atoms with van der Waals surface area (Å²) in [5, 5.41) is 11.3. The number of carbonyl (C=O) groups is 3. The number of aryl methyl sites for hydroxylation is 1. The summed E-state index contributed by atoms with van der Waals surface area (Å²) in [4.78, 5) is 41.6. The molecule has 0 bridgehead atoms. The molecule has 1 N–H and O–H groups in total. The van der Waals surface area contributed by atoms with Gasteiger partial charge in [-0.25, -0.2) is 9.48 Å². The van der Waals surface area contributed by atoms with Gasteiger partial charge in [-0.1, -0.05) is 30.3 Å². The van der Waals surface area contributed by atoms with Crippen LogP contribution in [0.2, 0.25) is 0 Å². The molecule has 4 aromatic rings. The Morgan fingerprint density at radius 2 is 1.87 bits per heavy atom. The maximum absolute atomic E-state index is 14.1. The molecule has 38 heavy (non-hydrogen) atoms. The first-order valence-electron chi connectivity index (χ1n) is 12.3. The SMILES string of the molecule is CCC(C)(C)NC(=O)[C@@H](c1ccc(C)o1)N(C(=O)Cn1nnc2ccccc21)c1cccc(C(=O)OC)c1. The lowest BCUT2D eigenvalue weighted by Crippen LogP contribution is -2.51. The van der Waals surface area contributed by atoms with Gasteiger partial charge in [-0.3, -0.25) is 14.5 Å². The Labute approximate surface area is 220 Å². The monoisotopic (exact) mass is 517 g/mol. The van der Waals surface area contributed by atoms with Gasteiger partial charge < -0.3 is 14.5 Å². The molecule has 2 aromatic carbocycles. The minimum atomic E-state index is -1.16. The summed E-state index contributed by atoms with van der Waals surface area (Å²) >= 11 is 0. The van der Waals surface area contributed by atoms with Crippen molar-refractivity contribution in [2.75, 3.05) is 12.0 Å². The first kappa shape index (κ1) is 26.6. The zero-order chi connectivity index (χ0) is 27.4. The number of esters is 1. The van der Waals surface area contributed by atoms with Gasteiger partial charge in [-0.2, -0.15) is 0 Å². The molecule has 10 nitrogen and oxygen atoms in total. The van der Waals surface area contributed by atoms with Crippen LogP contribution in [0.4, 0.5) is 5.69 Å². The molecule has 4 rings (SSSR count). The molecule has 0 spiro atoms. The molecule has 0 aliphatic rings. The van der Waals surface area contributed by atoms with Gasteiger partial charge >= 0.3 is 5.97 Å². The van der Waals surface area contributed by atoms with Gasteiger partial charge in [0.05, 0.1) is 18.2 Å². The Bertz CT molecular complexity index is 1470. The third-order valence-corrected chi connectivity index (χ3v) is 6.40. The second-order valence-electron chi connectivity index (χ2n) is 9.62. The van der Waals surface area contributed by atoms with Crippen molar-refractivity contribution in [3.05, 3.63) is 77.7 Å². The highest BCUT2D eigenvalue weighted by atomic mass is 16.5. The van der Waals surface area contributed by atoms with Gasteiger partial charge in [0, 0.05) is 11.2 Å². The molecule has 0 fully saturated rings. The smallest absolute Gasteiger partial charge is 0.337 e. The first-order valence-corrected chi connectivity index (χ1v) is 12.3. The number of hydrogen-bond acceptors (Lipinski definition) is 7. The lowest BCUT2D eigenvalue weighted by atomic mass is 10.0. The number of ether oxygens (including phenoxy) is 1. The number of anilines is 1. The number of nitrogens with zero attached hydrogens (tertiary/aromatic N) is 4. The molecule has 0 radical (unpaired) electrons. The van der Waals surface area contributed by atoms with Crippen LogP contribution < -0.4 is 10.2 Å². The third kappa shape index (κ3) is 5.59. The number of furan rings is 1. The minimum Gasteiger partial charge on any atom is -0.465 e. The summed E-state index contributed by atoms with van der Waals surface area (Å²) in [6.07, 6.45) is 0.666. The molecule has 0 saturated carbocycles. The Morgan fingerprint density at radius 1 is 1.11 bits per heavy atom. The number of para-hydroxylation sites is 1. The van der Waals surface area contributed by atoms with Crippen LogP contribution in [-0.4, -0.2) is 45.4 Å². The van der Waals surface area contributed by atoms with E-state index >= 15 is 0 Å². The van der Waals surface area contributed by atoms with E-state index in [0.29, 0.717) is 28.9 Å². The highest BCUT2D eigenvalue weighted by Gasteiger charge is 2.37. The van der Waals surface area contributed by atoms with Crippen molar-refractivity contribution in [2.45, 2.75) is 52.2 Å². The van der Waals surface area contributed by atoms with E-state index in [-0.39, 0.29) is 17.9 Å². The summed E-state index contributed by atoms with van der Waals surface area (Å²) < 4.78 is 12.2. The molecular formula is C28H31N5O5. The molecule has 2 aromatic heterocycles. The van der Waals surface area contributed by atoms with E-state index in [1.165, 1.54) is 22.8 Å². The standard InChI is InChI=1S/C28H31N5O5/c1-6-28(3,4)29-26(35)25(23-15-14-18(2)38-23)33(20-11-9-10-19(16-20)27(36)37-5)24(34)17-32-22-13-8-7-12-21(22)30-31-32/h7-16,25H,6,17H2,1-5H3,(H,29,35)/t25-/m1/s1. The van der Waals surface area contributed by atoms with E-state index in [1.807, 2.05) is 39.0 Å². The number of carbonyl (C=O) groups excluding carboxylic acids is 3. The number of fused-ring (bicyclic) bond motifs is 1. The average Bonchev–Trinajstić information content (AvgIpc) is 3.52. The van der Waals surface area contributed by atoms with E-state index in [2.05, 4.69) is 15.6 Å². The van der Waals surface area contributed by atoms with Crippen molar-refractivity contribution >= 4 is 34.5 Å². The maximum Gasteiger partial charge on any atom is 0.337 e. The molecule has 10 heteroatoms. The number of hydrogen-bond donors (Lipinski definition) is 1. The molecule has 0 aliphatic heterocycles. The lowest BCUT2D eigenvalue weighted by Gasteiger charge is -2.33. The normalized spacial score (nSPS) is 12.2. The summed E-state index contributed by atoms with van der Waals surface area (Å²) in [7, 11) is 1.28. The van der Waals surface area contributed by atoms with Crippen LogP contribution in [-0.2, 0) is 20.9 Å². The predicted octanol–water partition coefficient (Wildman–Crippen LogP) is 4.20. The zero-order valence-corrected chi connectivity index (χ0v) is 22.1. The molecule has 0 aliphatic carbocycles. The predicted molar refractivity (Wildman–Crippen MR) is 141 cm³/mol. The van der Waals surface area contributed by atoms with Gasteiger partial charge in [-0.15, -0.1) is 5.10 Å². The van der Waals surface area contributed by atoms with Crippen molar-refractivity contribution < 1.29 is 23.5 Å². The number of benzene rings is 2. The average molecular weight is 518 g/mol.